The predicted octanol–water partition coefficient (Wildman–Crippen LogP) is 5.61. The molecule has 1 heterocycles. The molecule has 1 aliphatic heterocycles. The Morgan fingerprint density at radius 3 is 2.47 bits per heavy atom. The smallest absolute Gasteiger partial charge is 0.333 e. The molecule has 0 atom stereocenters. The van der Waals surface area contributed by atoms with E-state index in [0.29, 0.717) is 34.3 Å². The first-order chi connectivity index (χ1) is 17.5. The molecule has 1 aliphatic rings. The summed E-state index contributed by atoms with van der Waals surface area (Å²) < 4.78 is 11.0. The van der Waals surface area contributed by atoms with Gasteiger partial charge < -0.3 is 14.6 Å². The van der Waals surface area contributed by atoms with E-state index in [0.717, 1.165) is 30.8 Å². The van der Waals surface area contributed by atoms with Crippen molar-refractivity contribution in [3.05, 3.63) is 76.9 Å². The van der Waals surface area contributed by atoms with Crippen molar-refractivity contribution in [1.29, 1.82) is 0 Å². The molecule has 0 saturated carbocycles. The van der Waals surface area contributed by atoms with E-state index in [2.05, 4.69) is 4.90 Å². The number of esters is 1. The van der Waals surface area contributed by atoms with E-state index in [1.54, 1.807) is 56.3 Å². The number of carbonyl (C=O) groups excluding carboxylic acids is 2. The number of hydrogen-bond acceptors (Lipinski definition) is 6. The van der Waals surface area contributed by atoms with Gasteiger partial charge in [0.15, 0.2) is 5.78 Å². The monoisotopic (exact) mass is 487 g/mol. The van der Waals surface area contributed by atoms with E-state index in [4.69, 9.17) is 9.47 Å². The highest BCUT2D eigenvalue weighted by Crippen LogP contribution is 2.30. The fourth-order valence-electron chi connectivity index (χ4n) is 4.57. The molecule has 1 saturated heterocycles. The van der Waals surface area contributed by atoms with Gasteiger partial charge in [-0.3, -0.25) is 9.69 Å². The van der Waals surface area contributed by atoms with E-state index in [-0.39, 0.29) is 18.1 Å². The number of phenolic OH excluding ortho intramolecular Hbond substituents is 1. The van der Waals surface area contributed by atoms with Gasteiger partial charge >= 0.3 is 5.97 Å². The van der Waals surface area contributed by atoms with E-state index in [1.165, 1.54) is 19.3 Å². The molecular weight excluding hydrogens is 454 g/mol. The maximum atomic E-state index is 13.7. The third-order valence-electron chi connectivity index (χ3n) is 6.47. The van der Waals surface area contributed by atoms with Crippen LogP contribution in [-0.2, 0) is 9.53 Å². The van der Waals surface area contributed by atoms with E-state index >= 15 is 0 Å². The van der Waals surface area contributed by atoms with Crippen molar-refractivity contribution in [3.63, 3.8) is 0 Å². The highest BCUT2D eigenvalue weighted by Gasteiger charge is 2.18. The highest BCUT2D eigenvalue weighted by atomic mass is 16.5. The van der Waals surface area contributed by atoms with Crippen LogP contribution in [-0.4, -0.2) is 54.6 Å². The minimum Gasteiger partial charge on any atom is -0.508 e. The van der Waals surface area contributed by atoms with Crippen LogP contribution in [0.1, 0.15) is 54.6 Å². The van der Waals surface area contributed by atoms with Gasteiger partial charge in [-0.15, -0.1) is 0 Å². The van der Waals surface area contributed by atoms with Crippen LogP contribution in [0.4, 0.5) is 0 Å². The van der Waals surface area contributed by atoms with Gasteiger partial charge in [-0.1, -0.05) is 18.6 Å². The maximum Gasteiger partial charge on any atom is 0.333 e. The molecule has 1 N–H and O–H groups in total. The van der Waals surface area contributed by atoms with Crippen molar-refractivity contribution in [1.82, 2.24) is 4.90 Å². The molecule has 3 aromatic carbocycles. The zero-order valence-electron chi connectivity index (χ0n) is 21.0. The van der Waals surface area contributed by atoms with Crippen molar-refractivity contribution in [2.75, 3.05) is 32.8 Å². The summed E-state index contributed by atoms with van der Waals surface area (Å²) in [5, 5.41) is 11.4. The standard InChI is InChI=1S/C30H33NO5/c1-3-35-30(34)21(2)19-24-8-7-23-20-25(32)11-14-27(23)28(24)29(33)22-9-12-26(13-10-22)36-18-17-31-15-5-4-6-16-31/h7-14,19-20,32H,3-6,15-18H2,1-2H3/b21-19+. The number of piperidine rings is 1. The molecule has 6 nitrogen and oxygen atoms in total. The minimum atomic E-state index is -0.423. The molecule has 0 radical (unpaired) electrons. The summed E-state index contributed by atoms with van der Waals surface area (Å²) in [5.74, 6) is 0.254. The Balaban J connectivity index is 1.59. The number of phenols is 1. The third kappa shape index (κ3) is 6.13. The third-order valence-corrected chi connectivity index (χ3v) is 6.47. The molecular formula is C30H33NO5. The quantitative estimate of drug-likeness (QED) is 0.240. The molecule has 188 valence electrons. The number of carbonyl (C=O) groups is 2. The topological polar surface area (TPSA) is 76.1 Å². The number of nitrogens with zero attached hydrogens (tertiary/aromatic N) is 1. The lowest BCUT2D eigenvalue weighted by molar-refractivity contribution is -0.138. The van der Waals surface area contributed by atoms with Crippen LogP contribution in [0.2, 0.25) is 0 Å². The lowest BCUT2D eigenvalue weighted by atomic mass is 9.91. The second kappa shape index (κ2) is 11.9. The summed E-state index contributed by atoms with van der Waals surface area (Å²) in [6.07, 6.45) is 5.49. The summed E-state index contributed by atoms with van der Waals surface area (Å²) in [6, 6.07) is 15.7. The average Bonchev–Trinajstić information content (AvgIpc) is 2.89. The second-order valence-corrected chi connectivity index (χ2v) is 9.09. The summed E-state index contributed by atoms with van der Waals surface area (Å²) in [6.45, 7) is 7.48. The fraction of sp³-hybridized carbons (Fsp3) is 0.333. The zero-order chi connectivity index (χ0) is 25.5. The summed E-state index contributed by atoms with van der Waals surface area (Å²) in [7, 11) is 0. The molecule has 1 fully saturated rings. The maximum absolute atomic E-state index is 13.7. The van der Waals surface area contributed by atoms with Gasteiger partial charge in [-0.2, -0.15) is 0 Å². The molecule has 6 heteroatoms. The Hall–Kier alpha value is -3.64. The first-order valence-electron chi connectivity index (χ1n) is 12.6. The van der Waals surface area contributed by atoms with Gasteiger partial charge in [0.1, 0.15) is 18.1 Å². The van der Waals surface area contributed by atoms with E-state index < -0.39 is 5.97 Å². The number of ketones is 1. The molecule has 0 bridgehead atoms. The molecule has 4 rings (SSSR count). The summed E-state index contributed by atoms with van der Waals surface area (Å²) in [5.41, 5.74) is 2.00. The van der Waals surface area contributed by atoms with Crippen molar-refractivity contribution in [2.45, 2.75) is 33.1 Å². The van der Waals surface area contributed by atoms with Crippen molar-refractivity contribution in [2.24, 2.45) is 0 Å². The largest absolute Gasteiger partial charge is 0.508 e. The number of hydrogen-bond donors (Lipinski definition) is 1. The van der Waals surface area contributed by atoms with Crippen molar-refractivity contribution in [3.8, 4) is 11.5 Å². The van der Waals surface area contributed by atoms with E-state index in [9.17, 15) is 14.7 Å². The zero-order valence-corrected chi connectivity index (χ0v) is 21.0. The van der Waals surface area contributed by atoms with Gasteiger partial charge in [-0.05, 0) is 105 Å². The Morgan fingerprint density at radius 2 is 1.75 bits per heavy atom. The number of benzene rings is 3. The van der Waals surface area contributed by atoms with E-state index in [1.807, 2.05) is 18.2 Å². The number of likely N-dealkylation sites (tertiary alicyclic amines) is 1. The van der Waals surface area contributed by atoms with Crippen LogP contribution < -0.4 is 4.74 Å². The van der Waals surface area contributed by atoms with Gasteiger partial charge in [0.2, 0.25) is 0 Å². The summed E-state index contributed by atoms with van der Waals surface area (Å²) >= 11 is 0. The fourth-order valence-corrected chi connectivity index (χ4v) is 4.57. The Morgan fingerprint density at radius 1 is 1.00 bits per heavy atom. The molecule has 0 amide bonds. The minimum absolute atomic E-state index is 0.123. The van der Waals surface area contributed by atoms with Gasteiger partial charge in [-0.25, -0.2) is 4.79 Å². The predicted molar refractivity (Wildman–Crippen MR) is 142 cm³/mol. The van der Waals surface area contributed by atoms with Crippen LogP contribution in [0.3, 0.4) is 0 Å². The van der Waals surface area contributed by atoms with Crippen molar-refractivity contribution < 1.29 is 24.2 Å². The van der Waals surface area contributed by atoms with Crippen LogP contribution in [0.15, 0.2) is 60.2 Å². The van der Waals surface area contributed by atoms with Crippen LogP contribution in [0, 0.1) is 0 Å². The van der Waals surface area contributed by atoms with Gasteiger partial charge in [0.05, 0.1) is 6.61 Å². The molecule has 36 heavy (non-hydrogen) atoms. The van der Waals surface area contributed by atoms with Crippen LogP contribution in [0.5, 0.6) is 11.5 Å². The first-order valence-corrected chi connectivity index (χ1v) is 12.6. The lowest BCUT2D eigenvalue weighted by Crippen LogP contribution is -2.33. The van der Waals surface area contributed by atoms with Gasteiger partial charge in [0, 0.05) is 23.2 Å². The summed E-state index contributed by atoms with van der Waals surface area (Å²) in [4.78, 5) is 28.3. The Labute approximate surface area is 212 Å². The van der Waals surface area contributed by atoms with Crippen molar-refractivity contribution >= 4 is 28.6 Å². The molecule has 0 aromatic heterocycles. The number of aromatic hydroxyl groups is 1. The second-order valence-electron chi connectivity index (χ2n) is 9.09. The Bertz CT molecular complexity index is 1260. The number of ether oxygens (including phenoxy) is 2. The Kier molecular flexibility index (Phi) is 8.39. The molecule has 3 aromatic rings. The first kappa shape index (κ1) is 25.5. The molecule has 0 aliphatic carbocycles. The number of fused-ring (bicyclic) bond motifs is 1. The lowest BCUT2D eigenvalue weighted by Gasteiger charge is -2.26. The van der Waals surface area contributed by atoms with Crippen LogP contribution >= 0.6 is 0 Å². The normalized spacial score (nSPS) is 14.6. The van der Waals surface area contributed by atoms with Crippen LogP contribution in [0.25, 0.3) is 16.8 Å². The molecule has 0 spiro atoms. The average molecular weight is 488 g/mol. The highest BCUT2D eigenvalue weighted by molar-refractivity contribution is 6.19. The molecule has 0 unspecified atom stereocenters. The van der Waals surface area contributed by atoms with Gasteiger partial charge in [0.25, 0.3) is 0 Å². The number of rotatable bonds is 9. The SMILES string of the molecule is CCOC(=O)/C(C)=C/c1ccc2cc(O)ccc2c1C(=O)c1ccc(OCCN2CCCCC2)cc1.